The second kappa shape index (κ2) is 6.63. The molecule has 21 heavy (non-hydrogen) atoms. The molecule has 2 atom stereocenters. The highest BCUT2D eigenvalue weighted by molar-refractivity contribution is 5.82. The van der Waals surface area contributed by atoms with Gasteiger partial charge in [-0.15, -0.1) is 0 Å². The number of nitrogens with one attached hydrogen (secondary N) is 1. The second-order valence-electron chi connectivity index (χ2n) is 5.84. The maximum Gasteiger partial charge on any atom is 0.134 e. The monoisotopic (exact) mass is 287 g/mol. The van der Waals surface area contributed by atoms with E-state index in [-0.39, 0.29) is 0 Å². The van der Waals surface area contributed by atoms with Crippen LogP contribution in [-0.2, 0) is 11.2 Å². The van der Waals surface area contributed by atoms with E-state index in [1.165, 1.54) is 23.8 Å². The normalized spacial score (nSPS) is 20.2. The van der Waals surface area contributed by atoms with E-state index in [4.69, 9.17) is 9.15 Å². The van der Waals surface area contributed by atoms with Crippen molar-refractivity contribution in [1.82, 2.24) is 5.32 Å². The summed E-state index contributed by atoms with van der Waals surface area (Å²) in [7, 11) is 2.04. The predicted molar refractivity (Wildman–Crippen MR) is 85.6 cm³/mol. The molecule has 1 aliphatic rings. The van der Waals surface area contributed by atoms with Crippen molar-refractivity contribution in [2.45, 2.75) is 51.2 Å². The van der Waals surface area contributed by atoms with Crippen LogP contribution in [0, 0.1) is 0 Å². The molecular formula is C18H25NO2. The van der Waals surface area contributed by atoms with Crippen LogP contribution >= 0.6 is 0 Å². The van der Waals surface area contributed by atoms with E-state index >= 15 is 0 Å². The molecule has 0 amide bonds. The van der Waals surface area contributed by atoms with E-state index in [1.807, 2.05) is 13.1 Å². The molecule has 0 spiro atoms. The zero-order chi connectivity index (χ0) is 14.7. The first kappa shape index (κ1) is 14.6. The molecule has 1 aliphatic heterocycles. The third-order valence-electron chi connectivity index (χ3n) is 4.53. The van der Waals surface area contributed by atoms with Crippen molar-refractivity contribution in [3.05, 3.63) is 35.6 Å². The standard InChI is InChI=1S/C18H25NO2/c1-3-16-18(14-8-4-5-9-17(14)21-16)15(19-2)11-10-13-7-6-12-20-13/h4-5,8-9,13,15,19H,3,6-7,10-12H2,1-2H3. The largest absolute Gasteiger partial charge is 0.461 e. The van der Waals surface area contributed by atoms with Crippen LogP contribution in [0.5, 0.6) is 0 Å². The maximum atomic E-state index is 6.03. The number of furan rings is 1. The zero-order valence-corrected chi connectivity index (χ0v) is 13.0. The molecule has 1 fully saturated rings. The maximum absolute atomic E-state index is 6.03. The van der Waals surface area contributed by atoms with Gasteiger partial charge in [-0.05, 0) is 38.8 Å². The highest BCUT2D eigenvalue weighted by Gasteiger charge is 2.23. The molecule has 1 N–H and O–H groups in total. The molecule has 0 radical (unpaired) electrons. The van der Waals surface area contributed by atoms with E-state index in [2.05, 4.69) is 30.4 Å². The Morgan fingerprint density at radius 2 is 2.19 bits per heavy atom. The fourth-order valence-electron chi connectivity index (χ4n) is 3.42. The van der Waals surface area contributed by atoms with Gasteiger partial charge in [0.15, 0.2) is 0 Å². The van der Waals surface area contributed by atoms with Crippen molar-refractivity contribution in [3.8, 4) is 0 Å². The molecule has 2 unspecified atom stereocenters. The van der Waals surface area contributed by atoms with Gasteiger partial charge < -0.3 is 14.5 Å². The lowest BCUT2D eigenvalue weighted by Crippen LogP contribution is -2.19. The Balaban J connectivity index is 1.84. The topological polar surface area (TPSA) is 34.4 Å². The van der Waals surface area contributed by atoms with Crippen LogP contribution in [0.15, 0.2) is 28.7 Å². The number of hydrogen-bond donors (Lipinski definition) is 1. The summed E-state index contributed by atoms with van der Waals surface area (Å²) < 4.78 is 11.8. The first-order chi connectivity index (χ1) is 10.3. The van der Waals surface area contributed by atoms with Crippen LogP contribution in [0.3, 0.4) is 0 Å². The number of rotatable bonds is 6. The summed E-state index contributed by atoms with van der Waals surface area (Å²) in [4.78, 5) is 0. The Morgan fingerprint density at radius 1 is 1.33 bits per heavy atom. The number of fused-ring (bicyclic) bond motifs is 1. The minimum absolute atomic E-state index is 0.341. The van der Waals surface area contributed by atoms with Crippen LogP contribution in [-0.4, -0.2) is 19.8 Å². The molecule has 1 aromatic carbocycles. The molecule has 0 bridgehead atoms. The van der Waals surface area contributed by atoms with E-state index in [1.54, 1.807) is 0 Å². The van der Waals surface area contributed by atoms with Crippen LogP contribution in [0.1, 0.15) is 50.0 Å². The van der Waals surface area contributed by atoms with Crippen molar-refractivity contribution in [3.63, 3.8) is 0 Å². The van der Waals surface area contributed by atoms with Crippen LogP contribution in [0.2, 0.25) is 0 Å². The summed E-state index contributed by atoms with van der Waals surface area (Å²) in [6.45, 7) is 3.09. The van der Waals surface area contributed by atoms with Crippen molar-refractivity contribution < 1.29 is 9.15 Å². The Hall–Kier alpha value is -1.32. The third kappa shape index (κ3) is 2.99. The Kier molecular flexibility index (Phi) is 4.61. The SMILES string of the molecule is CCc1oc2ccccc2c1C(CCC1CCCO1)NC. The number of para-hydroxylation sites is 1. The smallest absolute Gasteiger partial charge is 0.134 e. The molecule has 3 heteroatoms. The summed E-state index contributed by atoms with van der Waals surface area (Å²) in [5, 5.41) is 4.73. The summed E-state index contributed by atoms with van der Waals surface area (Å²) in [5.74, 6) is 1.11. The van der Waals surface area contributed by atoms with Crippen molar-refractivity contribution in [1.29, 1.82) is 0 Å². The summed E-state index contributed by atoms with van der Waals surface area (Å²) >= 11 is 0. The van der Waals surface area contributed by atoms with Gasteiger partial charge in [0, 0.05) is 30.0 Å². The van der Waals surface area contributed by atoms with Gasteiger partial charge in [-0.25, -0.2) is 0 Å². The number of aryl methyl sites for hydroxylation is 1. The molecule has 1 saturated heterocycles. The van der Waals surface area contributed by atoms with Crippen LogP contribution < -0.4 is 5.32 Å². The minimum Gasteiger partial charge on any atom is -0.461 e. The lowest BCUT2D eigenvalue weighted by atomic mass is 9.96. The van der Waals surface area contributed by atoms with Gasteiger partial charge in [0.2, 0.25) is 0 Å². The fraction of sp³-hybridized carbons (Fsp3) is 0.556. The molecule has 2 heterocycles. The first-order valence-electron chi connectivity index (χ1n) is 8.12. The lowest BCUT2D eigenvalue weighted by Gasteiger charge is -2.19. The summed E-state index contributed by atoms with van der Waals surface area (Å²) in [6, 6.07) is 8.70. The van der Waals surface area contributed by atoms with Crippen molar-refractivity contribution in [2.24, 2.45) is 0 Å². The number of benzene rings is 1. The highest BCUT2D eigenvalue weighted by Crippen LogP contribution is 2.34. The van der Waals surface area contributed by atoms with Gasteiger partial charge in [-0.2, -0.15) is 0 Å². The fourth-order valence-corrected chi connectivity index (χ4v) is 3.42. The zero-order valence-electron chi connectivity index (χ0n) is 13.0. The Bertz CT molecular complexity index is 584. The molecule has 114 valence electrons. The Morgan fingerprint density at radius 3 is 2.90 bits per heavy atom. The van der Waals surface area contributed by atoms with Gasteiger partial charge in [-0.3, -0.25) is 0 Å². The summed E-state index contributed by atoms with van der Waals surface area (Å²) in [6.07, 6.45) is 6.02. The first-order valence-corrected chi connectivity index (χ1v) is 8.12. The summed E-state index contributed by atoms with van der Waals surface area (Å²) in [5.41, 5.74) is 2.34. The number of ether oxygens (including phenoxy) is 1. The predicted octanol–water partition coefficient (Wildman–Crippen LogP) is 4.21. The molecule has 3 rings (SSSR count). The van der Waals surface area contributed by atoms with E-state index in [0.29, 0.717) is 12.1 Å². The molecule has 0 saturated carbocycles. The van der Waals surface area contributed by atoms with E-state index in [0.717, 1.165) is 37.2 Å². The minimum atomic E-state index is 0.341. The molecular weight excluding hydrogens is 262 g/mol. The van der Waals surface area contributed by atoms with Gasteiger partial charge in [0.1, 0.15) is 11.3 Å². The van der Waals surface area contributed by atoms with E-state index in [9.17, 15) is 0 Å². The average Bonchev–Trinajstić information content (AvgIpc) is 3.15. The Labute approximate surface area is 126 Å². The third-order valence-corrected chi connectivity index (χ3v) is 4.53. The van der Waals surface area contributed by atoms with Gasteiger partial charge in [-0.1, -0.05) is 25.1 Å². The number of hydrogen-bond acceptors (Lipinski definition) is 3. The van der Waals surface area contributed by atoms with Crippen molar-refractivity contribution in [2.75, 3.05) is 13.7 Å². The van der Waals surface area contributed by atoms with Gasteiger partial charge in [0.25, 0.3) is 0 Å². The van der Waals surface area contributed by atoms with E-state index < -0.39 is 0 Å². The van der Waals surface area contributed by atoms with Crippen molar-refractivity contribution >= 4 is 11.0 Å². The van der Waals surface area contributed by atoms with Crippen LogP contribution in [0.4, 0.5) is 0 Å². The molecule has 3 nitrogen and oxygen atoms in total. The lowest BCUT2D eigenvalue weighted by molar-refractivity contribution is 0.0998. The van der Waals surface area contributed by atoms with Gasteiger partial charge in [0.05, 0.1) is 6.10 Å². The second-order valence-corrected chi connectivity index (χ2v) is 5.84. The van der Waals surface area contributed by atoms with Crippen LogP contribution in [0.25, 0.3) is 11.0 Å². The molecule has 1 aromatic heterocycles. The quantitative estimate of drug-likeness (QED) is 0.864. The molecule has 2 aromatic rings. The highest BCUT2D eigenvalue weighted by atomic mass is 16.5. The average molecular weight is 287 g/mol. The van der Waals surface area contributed by atoms with Gasteiger partial charge >= 0.3 is 0 Å². The molecule has 0 aliphatic carbocycles.